The van der Waals surface area contributed by atoms with E-state index in [2.05, 4.69) is 13.8 Å². The Hall–Kier alpha value is -1.32. The summed E-state index contributed by atoms with van der Waals surface area (Å²) in [6, 6.07) is 0.356. The fourth-order valence-electron chi connectivity index (χ4n) is 1.74. The molecule has 0 atom stereocenters. The third-order valence-corrected chi connectivity index (χ3v) is 2.78. The van der Waals surface area contributed by atoms with Crippen molar-refractivity contribution in [2.24, 2.45) is 7.05 Å². The number of aryl methyl sites for hydroxylation is 1. The molecule has 84 valence electrons. The fraction of sp³-hybridized carbons (Fsp3) is 0.636. The highest BCUT2D eigenvalue weighted by Crippen LogP contribution is 2.07. The van der Waals surface area contributed by atoms with Crippen LogP contribution in [0.2, 0.25) is 0 Å². The van der Waals surface area contributed by atoms with Crippen LogP contribution in [0.15, 0.2) is 18.7 Å². The summed E-state index contributed by atoms with van der Waals surface area (Å²) in [4.78, 5) is 13.8. The molecule has 1 amide bonds. The summed E-state index contributed by atoms with van der Waals surface area (Å²) < 4.78 is 3.47. The number of rotatable bonds is 3. The summed E-state index contributed by atoms with van der Waals surface area (Å²) in [6.45, 7) is 4.21. The smallest absolute Gasteiger partial charge is 0.304 e. The summed E-state index contributed by atoms with van der Waals surface area (Å²) in [5, 5.41) is 0. The molecule has 15 heavy (non-hydrogen) atoms. The van der Waals surface area contributed by atoms with E-state index in [0.717, 1.165) is 12.8 Å². The Labute approximate surface area is 91.1 Å². The Bertz CT molecular complexity index is 328. The monoisotopic (exact) mass is 210 g/mol. The van der Waals surface area contributed by atoms with Gasteiger partial charge in [0.2, 0.25) is 0 Å². The van der Waals surface area contributed by atoms with Crippen molar-refractivity contribution in [3.05, 3.63) is 18.7 Å². The Morgan fingerprint density at radius 2 is 2.07 bits per heavy atom. The summed E-state index contributed by atoms with van der Waals surface area (Å²) >= 11 is 0. The van der Waals surface area contributed by atoms with Gasteiger partial charge in [-0.1, -0.05) is 13.8 Å². The summed E-state index contributed by atoms with van der Waals surface area (Å²) in [5.41, 5.74) is 0. The van der Waals surface area contributed by atoms with E-state index in [1.165, 1.54) is 0 Å². The molecule has 1 aromatic rings. The lowest BCUT2D eigenvalue weighted by molar-refractivity contribution is -0.670. The van der Waals surface area contributed by atoms with Gasteiger partial charge in [0.05, 0.1) is 7.05 Å². The molecule has 0 N–H and O–H groups in total. The largest absolute Gasteiger partial charge is 0.415 e. The molecular weight excluding hydrogens is 190 g/mol. The van der Waals surface area contributed by atoms with Crippen LogP contribution in [0, 0.1) is 0 Å². The summed E-state index contributed by atoms with van der Waals surface area (Å²) in [5.74, 6) is 0. The topological polar surface area (TPSA) is 29.1 Å². The van der Waals surface area contributed by atoms with Crippen LogP contribution >= 0.6 is 0 Å². The van der Waals surface area contributed by atoms with Crippen LogP contribution in [0.5, 0.6) is 0 Å². The number of carbonyl (C=O) groups excluding carboxylic acids is 1. The third kappa shape index (κ3) is 2.58. The molecule has 4 heteroatoms. The highest BCUT2D eigenvalue weighted by atomic mass is 16.2. The van der Waals surface area contributed by atoms with Crippen molar-refractivity contribution in [3.8, 4) is 0 Å². The van der Waals surface area contributed by atoms with Crippen molar-refractivity contribution in [1.82, 2.24) is 9.47 Å². The molecule has 0 aliphatic rings. The molecule has 0 fully saturated rings. The van der Waals surface area contributed by atoms with Crippen LogP contribution in [0.1, 0.15) is 26.7 Å². The van der Waals surface area contributed by atoms with Gasteiger partial charge in [-0.25, -0.2) is 9.36 Å². The molecule has 0 aromatic carbocycles. The number of hydrogen-bond acceptors (Lipinski definition) is 1. The first-order valence-corrected chi connectivity index (χ1v) is 5.40. The molecule has 0 saturated carbocycles. The number of carbonyl (C=O) groups is 1. The zero-order chi connectivity index (χ0) is 11.4. The quantitative estimate of drug-likeness (QED) is 0.693. The van der Waals surface area contributed by atoms with Crippen molar-refractivity contribution >= 4 is 6.03 Å². The Morgan fingerprint density at radius 3 is 2.47 bits per heavy atom. The van der Waals surface area contributed by atoms with E-state index in [1.54, 1.807) is 22.0 Å². The molecule has 0 aliphatic heterocycles. The van der Waals surface area contributed by atoms with Gasteiger partial charge in [0, 0.05) is 13.1 Å². The first-order chi connectivity index (χ1) is 7.10. The highest BCUT2D eigenvalue weighted by Gasteiger charge is 2.22. The van der Waals surface area contributed by atoms with Crippen molar-refractivity contribution in [2.45, 2.75) is 32.7 Å². The Kier molecular flexibility index (Phi) is 3.88. The van der Waals surface area contributed by atoms with Crippen LogP contribution in [-0.2, 0) is 7.05 Å². The van der Waals surface area contributed by atoms with Gasteiger partial charge in [0.1, 0.15) is 12.4 Å². The van der Waals surface area contributed by atoms with Crippen LogP contribution in [0.25, 0.3) is 0 Å². The van der Waals surface area contributed by atoms with Gasteiger partial charge < -0.3 is 4.90 Å². The van der Waals surface area contributed by atoms with E-state index in [1.807, 2.05) is 24.9 Å². The highest BCUT2D eigenvalue weighted by molar-refractivity contribution is 5.76. The van der Waals surface area contributed by atoms with Gasteiger partial charge in [0.25, 0.3) is 6.33 Å². The minimum atomic E-state index is 0.0318. The average Bonchev–Trinajstić information content (AvgIpc) is 2.65. The maximum absolute atomic E-state index is 12.0. The maximum atomic E-state index is 12.0. The molecule has 0 spiro atoms. The van der Waals surface area contributed by atoms with Crippen LogP contribution < -0.4 is 4.57 Å². The SMILES string of the molecule is CCC(CC)N(C)C(=O)n1cc[n+](C)c1. The van der Waals surface area contributed by atoms with Gasteiger partial charge in [-0.05, 0) is 12.8 Å². The molecule has 0 bridgehead atoms. The second-order valence-electron chi connectivity index (χ2n) is 3.85. The standard InChI is InChI=1S/C11H20N3O/c1-5-10(6-2)13(4)11(15)14-8-7-12(3)9-14/h7-10H,5-6H2,1-4H3/q+1. The Balaban J connectivity index is 2.76. The lowest BCUT2D eigenvalue weighted by Gasteiger charge is -2.23. The van der Waals surface area contributed by atoms with Gasteiger partial charge in [-0.3, -0.25) is 0 Å². The van der Waals surface area contributed by atoms with Crippen LogP contribution in [-0.4, -0.2) is 28.6 Å². The summed E-state index contributed by atoms with van der Waals surface area (Å²) in [6.07, 6.45) is 7.40. The molecule has 0 saturated heterocycles. The lowest BCUT2D eigenvalue weighted by Crippen LogP contribution is -2.39. The Morgan fingerprint density at radius 1 is 1.47 bits per heavy atom. The zero-order valence-electron chi connectivity index (χ0n) is 9.97. The predicted octanol–water partition coefficient (Wildman–Crippen LogP) is 1.40. The first kappa shape index (κ1) is 11.8. The molecule has 0 radical (unpaired) electrons. The van der Waals surface area contributed by atoms with Crippen molar-refractivity contribution in [2.75, 3.05) is 7.05 Å². The molecular formula is C11H20N3O+. The number of hydrogen-bond donors (Lipinski definition) is 0. The van der Waals surface area contributed by atoms with E-state index in [4.69, 9.17) is 0 Å². The van der Waals surface area contributed by atoms with E-state index in [0.29, 0.717) is 6.04 Å². The fourth-order valence-corrected chi connectivity index (χ4v) is 1.74. The summed E-state index contributed by atoms with van der Waals surface area (Å²) in [7, 11) is 3.76. The minimum absolute atomic E-state index is 0.0318. The molecule has 0 aliphatic carbocycles. The predicted molar refractivity (Wildman–Crippen MR) is 58.5 cm³/mol. The third-order valence-electron chi connectivity index (χ3n) is 2.78. The minimum Gasteiger partial charge on any atom is -0.304 e. The number of nitrogens with zero attached hydrogens (tertiary/aromatic N) is 3. The van der Waals surface area contributed by atoms with Gasteiger partial charge in [-0.2, -0.15) is 4.57 Å². The van der Waals surface area contributed by atoms with E-state index in [-0.39, 0.29) is 6.03 Å². The van der Waals surface area contributed by atoms with Crippen molar-refractivity contribution in [3.63, 3.8) is 0 Å². The van der Waals surface area contributed by atoms with Gasteiger partial charge in [0.15, 0.2) is 0 Å². The lowest BCUT2D eigenvalue weighted by atomic mass is 10.1. The van der Waals surface area contributed by atoms with E-state index >= 15 is 0 Å². The van der Waals surface area contributed by atoms with Crippen molar-refractivity contribution < 1.29 is 9.36 Å². The van der Waals surface area contributed by atoms with Crippen LogP contribution in [0.4, 0.5) is 4.79 Å². The average molecular weight is 210 g/mol. The van der Waals surface area contributed by atoms with E-state index < -0.39 is 0 Å². The molecule has 4 nitrogen and oxygen atoms in total. The second kappa shape index (κ2) is 4.96. The molecule has 1 aromatic heterocycles. The molecule has 1 rings (SSSR count). The first-order valence-electron chi connectivity index (χ1n) is 5.40. The molecule has 1 heterocycles. The van der Waals surface area contributed by atoms with Crippen molar-refractivity contribution in [1.29, 1.82) is 0 Å². The molecule has 0 unspecified atom stereocenters. The zero-order valence-corrected chi connectivity index (χ0v) is 9.97. The van der Waals surface area contributed by atoms with Gasteiger partial charge in [-0.15, -0.1) is 0 Å². The number of aromatic nitrogens is 2. The normalized spacial score (nSPS) is 10.7. The second-order valence-corrected chi connectivity index (χ2v) is 3.85. The van der Waals surface area contributed by atoms with Crippen LogP contribution in [0.3, 0.4) is 0 Å². The maximum Gasteiger partial charge on any atom is 0.415 e. The van der Waals surface area contributed by atoms with E-state index in [9.17, 15) is 4.79 Å². The number of imidazole rings is 1. The van der Waals surface area contributed by atoms with Gasteiger partial charge >= 0.3 is 6.03 Å². The number of amides is 1.